The topological polar surface area (TPSA) is 66.6 Å². The maximum absolute atomic E-state index is 8.98. The van der Waals surface area contributed by atoms with Crippen molar-refractivity contribution in [3.63, 3.8) is 0 Å². The highest BCUT2D eigenvalue weighted by atomic mass is 15.2. The molecule has 0 aliphatic carbocycles. The van der Waals surface area contributed by atoms with Crippen LogP contribution in [0.1, 0.15) is 18.5 Å². The third-order valence-electron chi connectivity index (χ3n) is 2.74. The van der Waals surface area contributed by atoms with Crippen LogP contribution < -0.4 is 0 Å². The standard InChI is InChI=1S/C12H12N4/c13-8-10(9-14)12(11-4-3-5-15-11)16-6-1-2-7-16/h3-5,15H,1-2,6-7H2. The van der Waals surface area contributed by atoms with E-state index in [4.69, 9.17) is 10.5 Å². The van der Waals surface area contributed by atoms with E-state index in [1.165, 1.54) is 0 Å². The first-order chi connectivity index (χ1) is 7.86. The van der Waals surface area contributed by atoms with Gasteiger partial charge in [-0.1, -0.05) is 0 Å². The Morgan fingerprint density at radius 1 is 1.25 bits per heavy atom. The largest absolute Gasteiger partial charge is 0.368 e. The Labute approximate surface area is 94.4 Å². The van der Waals surface area contributed by atoms with E-state index in [2.05, 4.69) is 9.88 Å². The van der Waals surface area contributed by atoms with Gasteiger partial charge < -0.3 is 9.88 Å². The van der Waals surface area contributed by atoms with E-state index < -0.39 is 0 Å². The first kappa shape index (κ1) is 10.3. The van der Waals surface area contributed by atoms with Crippen LogP contribution >= 0.6 is 0 Å². The van der Waals surface area contributed by atoms with Gasteiger partial charge >= 0.3 is 0 Å². The van der Waals surface area contributed by atoms with E-state index in [1.54, 1.807) is 6.20 Å². The Morgan fingerprint density at radius 2 is 1.94 bits per heavy atom. The minimum Gasteiger partial charge on any atom is -0.368 e. The fraction of sp³-hybridized carbons (Fsp3) is 0.333. The van der Waals surface area contributed by atoms with Gasteiger partial charge in [0, 0.05) is 19.3 Å². The maximum Gasteiger partial charge on any atom is 0.155 e. The van der Waals surface area contributed by atoms with Crippen LogP contribution in [0.25, 0.3) is 5.70 Å². The summed E-state index contributed by atoms with van der Waals surface area (Å²) in [6.45, 7) is 1.84. The molecule has 4 nitrogen and oxygen atoms in total. The number of hydrogen-bond donors (Lipinski definition) is 1. The molecule has 0 radical (unpaired) electrons. The lowest BCUT2D eigenvalue weighted by atomic mass is 10.1. The molecule has 0 saturated carbocycles. The van der Waals surface area contributed by atoms with E-state index in [-0.39, 0.29) is 5.57 Å². The number of rotatable bonds is 2. The Hall–Kier alpha value is -2.20. The molecule has 2 heterocycles. The molecule has 1 N–H and O–H groups in total. The molecule has 1 aliphatic heterocycles. The first-order valence-corrected chi connectivity index (χ1v) is 5.30. The molecule has 0 amide bonds. The number of nitriles is 2. The molecular weight excluding hydrogens is 200 g/mol. The first-order valence-electron chi connectivity index (χ1n) is 5.30. The van der Waals surface area contributed by atoms with Gasteiger partial charge in [-0.3, -0.25) is 0 Å². The van der Waals surface area contributed by atoms with Gasteiger partial charge in [-0.05, 0) is 25.0 Å². The van der Waals surface area contributed by atoms with Gasteiger partial charge in [0.1, 0.15) is 12.1 Å². The molecule has 1 fully saturated rings. The van der Waals surface area contributed by atoms with Crippen molar-refractivity contribution in [1.82, 2.24) is 9.88 Å². The smallest absolute Gasteiger partial charge is 0.155 e. The van der Waals surface area contributed by atoms with E-state index in [9.17, 15) is 0 Å². The highest BCUT2D eigenvalue weighted by Crippen LogP contribution is 2.25. The van der Waals surface area contributed by atoms with Crippen molar-refractivity contribution in [2.45, 2.75) is 12.8 Å². The second kappa shape index (κ2) is 4.55. The van der Waals surface area contributed by atoms with Crippen LogP contribution in [0.2, 0.25) is 0 Å². The van der Waals surface area contributed by atoms with Gasteiger partial charge in [0.2, 0.25) is 0 Å². The van der Waals surface area contributed by atoms with Crippen molar-refractivity contribution in [3.8, 4) is 12.1 Å². The van der Waals surface area contributed by atoms with Crippen LogP contribution in [0.5, 0.6) is 0 Å². The second-order valence-corrected chi connectivity index (χ2v) is 3.73. The number of nitrogens with zero attached hydrogens (tertiary/aromatic N) is 3. The normalized spacial score (nSPS) is 14.2. The SMILES string of the molecule is N#CC(C#N)=C(c1ccc[nH]1)N1CCCC1. The van der Waals surface area contributed by atoms with Crippen molar-refractivity contribution in [1.29, 1.82) is 10.5 Å². The summed E-state index contributed by atoms with van der Waals surface area (Å²) in [5.74, 6) is 0. The summed E-state index contributed by atoms with van der Waals surface area (Å²) in [4.78, 5) is 5.17. The number of hydrogen-bond acceptors (Lipinski definition) is 3. The van der Waals surface area contributed by atoms with Crippen LogP contribution in [0.4, 0.5) is 0 Å². The van der Waals surface area contributed by atoms with Crippen molar-refractivity contribution >= 4 is 5.70 Å². The van der Waals surface area contributed by atoms with Crippen molar-refractivity contribution in [3.05, 3.63) is 29.6 Å². The quantitative estimate of drug-likeness (QED) is 0.761. The third-order valence-corrected chi connectivity index (χ3v) is 2.74. The minimum atomic E-state index is 0.185. The summed E-state index contributed by atoms with van der Waals surface area (Å²) in [6.07, 6.45) is 4.04. The molecule has 0 spiro atoms. The van der Waals surface area contributed by atoms with Crippen LogP contribution in [0.15, 0.2) is 23.9 Å². The monoisotopic (exact) mass is 212 g/mol. The summed E-state index contributed by atoms with van der Waals surface area (Å²) in [7, 11) is 0. The lowest BCUT2D eigenvalue weighted by molar-refractivity contribution is 0.490. The molecule has 1 aromatic heterocycles. The van der Waals surface area contributed by atoms with Gasteiger partial charge in [0.15, 0.2) is 5.57 Å². The van der Waals surface area contributed by atoms with Crippen LogP contribution in [0.3, 0.4) is 0 Å². The lowest BCUT2D eigenvalue weighted by Gasteiger charge is -2.20. The van der Waals surface area contributed by atoms with Gasteiger partial charge in [-0.15, -0.1) is 0 Å². The number of likely N-dealkylation sites (tertiary alicyclic amines) is 1. The highest BCUT2D eigenvalue weighted by Gasteiger charge is 2.20. The zero-order chi connectivity index (χ0) is 11.4. The molecule has 80 valence electrons. The van der Waals surface area contributed by atoms with Crippen molar-refractivity contribution in [2.75, 3.05) is 13.1 Å². The van der Waals surface area contributed by atoms with Crippen LogP contribution in [0, 0.1) is 22.7 Å². The molecule has 0 unspecified atom stereocenters. The zero-order valence-corrected chi connectivity index (χ0v) is 8.90. The van der Waals surface area contributed by atoms with Crippen LogP contribution in [-0.2, 0) is 0 Å². The predicted molar refractivity (Wildman–Crippen MR) is 59.7 cm³/mol. The molecule has 0 atom stereocenters. The molecule has 4 heteroatoms. The zero-order valence-electron chi connectivity index (χ0n) is 8.90. The number of aromatic nitrogens is 1. The van der Waals surface area contributed by atoms with Crippen molar-refractivity contribution in [2.24, 2.45) is 0 Å². The van der Waals surface area contributed by atoms with Gasteiger partial charge in [-0.2, -0.15) is 10.5 Å². The average molecular weight is 212 g/mol. The highest BCUT2D eigenvalue weighted by molar-refractivity contribution is 5.72. The fourth-order valence-corrected chi connectivity index (χ4v) is 2.01. The molecule has 2 rings (SSSR count). The molecule has 1 aromatic rings. The summed E-state index contributed by atoms with van der Waals surface area (Å²) in [5.41, 5.74) is 1.77. The maximum atomic E-state index is 8.98. The Balaban J connectivity index is 2.46. The average Bonchev–Trinajstić information content (AvgIpc) is 2.98. The number of H-pyrrole nitrogens is 1. The van der Waals surface area contributed by atoms with Gasteiger partial charge in [0.05, 0.1) is 11.4 Å². The third kappa shape index (κ3) is 1.78. The minimum absolute atomic E-state index is 0.185. The second-order valence-electron chi connectivity index (χ2n) is 3.73. The lowest BCUT2D eigenvalue weighted by Crippen LogP contribution is -2.19. The number of aromatic amines is 1. The Kier molecular flexibility index (Phi) is 2.93. The van der Waals surface area contributed by atoms with Gasteiger partial charge in [0.25, 0.3) is 0 Å². The molecule has 0 bridgehead atoms. The molecule has 1 saturated heterocycles. The predicted octanol–water partition coefficient (Wildman–Crippen LogP) is 1.87. The van der Waals surface area contributed by atoms with Crippen LogP contribution in [-0.4, -0.2) is 23.0 Å². The fourth-order valence-electron chi connectivity index (χ4n) is 2.01. The molecule has 16 heavy (non-hydrogen) atoms. The van der Waals surface area contributed by atoms with E-state index in [0.29, 0.717) is 0 Å². The van der Waals surface area contributed by atoms with E-state index >= 15 is 0 Å². The Bertz CT molecular complexity index is 448. The summed E-state index contributed by atoms with van der Waals surface area (Å²) < 4.78 is 0. The number of allylic oxidation sites excluding steroid dienone is 1. The number of nitrogens with one attached hydrogen (secondary N) is 1. The van der Waals surface area contributed by atoms with E-state index in [1.807, 2.05) is 24.3 Å². The molecule has 1 aliphatic rings. The summed E-state index contributed by atoms with van der Waals surface area (Å²) in [6, 6.07) is 7.71. The summed E-state index contributed by atoms with van der Waals surface area (Å²) in [5, 5.41) is 18.0. The van der Waals surface area contributed by atoms with Gasteiger partial charge in [-0.25, -0.2) is 0 Å². The van der Waals surface area contributed by atoms with E-state index in [0.717, 1.165) is 37.3 Å². The Morgan fingerprint density at radius 3 is 2.44 bits per heavy atom. The summed E-state index contributed by atoms with van der Waals surface area (Å²) >= 11 is 0. The molecule has 0 aromatic carbocycles. The van der Waals surface area contributed by atoms with Crippen molar-refractivity contribution < 1.29 is 0 Å². The molecular formula is C12H12N4.